The maximum absolute atomic E-state index is 6.00. The molecular formula is C19H26N4. The van der Waals surface area contributed by atoms with Crippen LogP contribution in [0.4, 0.5) is 11.4 Å². The fourth-order valence-electron chi connectivity index (χ4n) is 2.28. The van der Waals surface area contributed by atoms with Crippen LogP contribution in [0.2, 0.25) is 0 Å². The number of rotatable bonds is 5. The summed E-state index contributed by atoms with van der Waals surface area (Å²) in [5, 5.41) is 3.15. The van der Waals surface area contributed by atoms with Crippen molar-refractivity contribution in [1.29, 1.82) is 0 Å². The Morgan fingerprint density at radius 3 is 2.48 bits per heavy atom. The predicted molar refractivity (Wildman–Crippen MR) is 100 cm³/mol. The van der Waals surface area contributed by atoms with E-state index in [2.05, 4.69) is 67.3 Å². The van der Waals surface area contributed by atoms with Gasteiger partial charge in [-0.05, 0) is 56.2 Å². The van der Waals surface area contributed by atoms with E-state index < -0.39 is 0 Å². The van der Waals surface area contributed by atoms with Crippen molar-refractivity contribution in [2.45, 2.75) is 26.8 Å². The van der Waals surface area contributed by atoms with Crippen molar-refractivity contribution in [3.63, 3.8) is 0 Å². The van der Waals surface area contributed by atoms with Crippen LogP contribution in [-0.4, -0.2) is 25.6 Å². The molecule has 1 atom stereocenters. The van der Waals surface area contributed by atoms with Crippen LogP contribution in [0.25, 0.3) is 0 Å². The molecule has 2 rings (SSSR count). The number of guanidine groups is 1. The summed E-state index contributed by atoms with van der Waals surface area (Å²) in [6.07, 6.45) is 0. The van der Waals surface area contributed by atoms with E-state index in [-0.39, 0.29) is 6.04 Å². The van der Waals surface area contributed by atoms with Crippen molar-refractivity contribution in [3.8, 4) is 0 Å². The standard InChI is InChI=1S/C19H26N4/c1-14-10-11-17(12-15(14)2)22-19(20)21-13-16(3)23(4)18-8-6-5-7-9-18/h5-12,16H,13H2,1-4H3,(H3,20,21,22). The number of benzene rings is 2. The normalized spacial score (nSPS) is 12.8. The highest BCUT2D eigenvalue weighted by Gasteiger charge is 2.09. The van der Waals surface area contributed by atoms with E-state index in [1.165, 1.54) is 16.8 Å². The molecule has 0 aliphatic rings. The van der Waals surface area contributed by atoms with Crippen molar-refractivity contribution in [3.05, 3.63) is 59.7 Å². The molecule has 4 nitrogen and oxygen atoms in total. The van der Waals surface area contributed by atoms with Crippen molar-refractivity contribution in [2.24, 2.45) is 10.7 Å². The molecule has 2 aromatic carbocycles. The van der Waals surface area contributed by atoms with Gasteiger partial charge >= 0.3 is 0 Å². The number of aliphatic imine (C=N–C) groups is 1. The van der Waals surface area contributed by atoms with Crippen molar-refractivity contribution >= 4 is 17.3 Å². The van der Waals surface area contributed by atoms with Crippen LogP contribution < -0.4 is 16.0 Å². The molecule has 0 aromatic heterocycles. The van der Waals surface area contributed by atoms with Crippen LogP contribution in [0.1, 0.15) is 18.1 Å². The predicted octanol–water partition coefficient (Wildman–Crippen LogP) is 3.55. The van der Waals surface area contributed by atoms with Crippen LogP contribution in [0.5, 0.6) is 0 Å². The summed E-state index contributed by atoms with van der Waals surface area (Å²) in [4.78, 5) is 6.66. The molecule has 0 fully saturated rings. The molecular weight excluding hydrogens is 284 g/mol. The maximum atomic E-state index is 6.00. The smallest absolute Gasteiger partial charge is 0.193 e. The van der Waals surface area contributed by atoms with Crippen LogP contribution in [0, 0.1) is 13.8 Å². The Kier molecular flexibility index (Phi) is 5.63. The van der Waals surface area contributed by atoms with E-state index in [0.29, 0.717) is 12.5 Å². The van der Waals surface area contributed by atoms with E-state index >= 15 is 0 Å². The third-order valence-electron chi connectivity index (χ3n) is 4.13. The quantitative estimate of drug-likeness (QED) is 0.656. The number of nitrogens with zero attached hydrogens (tertiary/aromatic N) is 2. The van der Waals surface area contributed by atoms with Crippen LogP contribution in [0.3, 0.4) is 0 Å². The number of aryl methyl sites for hydroxylation is 2. The van der Waals surface area contributed by atoms with Gasteiger partial charge in [-0.2, -0.15) is 0 Å². The van der Waals surface area contributed by atoms with E-state index in [9.17, 15) is 0 Å². The second-order valence-corrected chi connectivity index (χ2v) is 5.95. The Bertz CT molecular complexity index is 664. The molecule has 122 valence electrons. The Morgan fingerprint density at radius 1 is 1.13 bits per heavy atom. The average molecular weight is 310 g/mol. The molecule has 23 heavy (non-hydrogen) atoms. The number of nitrogens with one attached hydrogen (secondary N) is 1. The molecule has 0 aliphatic heterocycles. The Hall–Kier alpha value is -2.49. The number of hydrogen-bond acceptors (Lipinski definition) is 2. The Balaban J connectivity index is 1.94. The highest BCUT2D eigenvalue weighted by atomic mass is 15.2. The first-order chi connectivity index (χ1) is 11.0. The average Bonchev–Trinajstić information content (AvgIpc) is 2.56. The molecule has 0 bridgehead atoms. The lowest BCUT2D eigenvalue weighted by Gasteiger charge is -2.25. The van der Waals surface area contributed by atoms with Gasteiger partial charge in [-0.25, -0.2) is 0 Å². The molecule has 1 unspecified atom stereocenters. The van der Waals surface area contributed by atoms with Crippen LogP contribution in [-0.2, 0) is 0 Å². The highest BCUT2D eigenvalue weighted by molar-refractivity contribution is 5.92. The fourth-order valence-corrected chi connectivity index (χ4v) is 2.28. The Morgan fingerprint density at radius 2 is 1.83 bits per heavy atom. The summed E-state index contributed by atoms with van der Waals surface area (Å²) in [5.41, 5.74) is 10.7. The minimum absolute atomic E-state index is 0.262. The van der Waals surface area contributed by atoms with Gasteiger partial charge in [0.25, 0.3) is 0 Å². The third-order valence-corrected chi connectivity index (χ3v) is 4.13. The van der Waals surface area contributed by atoms with Crippen molar-refractivity contribution in [2.75, 3.05) is 23.8 Å². The molecule has 0 saturated heterocycles. The molecule has 0 spiro atoms. The van der Waals surface area contributed by atoms with Gasteiger partial charge in [-0.1, -0.05) is 24.3 Å². The number of nitrogens with two attached hydrogens (primary N) is 1. The molecule has 0 aliphatic carbocycles. The summed E-state index contributed by atoms with van der Waals surface area (Å²) in [6.45, 7) is 6.96. The fraction of sp³-hybridized carbons (Fsp3) is 0.316. The van der Waals surface area contributed by atoms with Gasteiger partial charge < -0.3 is 16.0 Å². The van der Waals surface area contributed by atoms with Crippen LogP contribution in [0.15, 0.2) is 53.5 Å². The molecule has 3 N–H and O–H groups in total. The third kappa shape index (κ3) is 4.74. The van der Waals surface area contributed by atoms with E-state index in [1.54, 1.807) is 0 Å². The zero-order valence-electron chi connectivity index (χ0n) is 14.4. The topological polar surface area (TPSA) is 53.6 Å². The number of anilines is 2. The lowest BCUT2D eigenvalue weighted by Crippen LogP contribution is -2.33. The molecule has 0 amide bonds. The summed E-state index contributed by atoms with van der Waals surface area (Å²) >= 11 is 0. The Labute approximate surface area is 139 Å². The molecule has 0 heterocycles. The number of para-hydroxylation sites is 1. The van der Waals surface area contributed by atoms with E-state index in [1.807, 2.05) is 24.3 Å². The van der Waals surface area contributed by atoms with Gasteiger partial charge in [0.1, 0.15) is 0 Å². The highest BCUT2D eigenvalue weighted by Crippen LogP contribution is 2.15. The first-order valence-corrected chi connectivity index (χ1v) is 7.89. The number of hydrogen-bond donors (Lipinski definition) is 2. The van der Waals surface area contributed by atoms with Gasteiger partial charge in [0, 0.05) is 24.5 Å². The zero-order valence-corrected chi connectivity index (χ0v) is 14.4. The monoisotopic (exact) mass is 310 g/mol. The summed E-state index contributed by atoms with van der Waals surface area (Å²) in [7, 11) is 2.07. The van der Waals surface area contributed by atoms with E-state index in [4.69, 9.17) is 5.73 Å². The van der Waals surface area contributed by atoms with Crippen molar-refractivity contribution in [1.82, 2.24) is 0 Å². The van der Waals surface area contributed by atoms with Gasteiger partial charge in [-0.15, -0.1) is 0 Å². The van der Waals surface area contributed by atoms with Gasteiger partial charge in [-0.3, -0.25) is 4.99 Å². The van der Waals surface area contributed by atoms with E-state index in [0.717, 1.165) is 5.69 Å². The second-order valence-electron chi connectivity index (χ2n) is 5.95. The second kappa shape index (κ2) is 7.68. The van der Waals surface area contributed by atoms with Gasteiger partial charge in [0.2, 0.25) is 0 Å². The minimum Gasteiger partial charge on any atom is -0.370 e. The molecule has 0 saturated carbocycles. The molecule has 4 heteroatoms. The summed E-state index contributed by atoms with van der Waals surface area (Å²) in [6, 6.07) is 16.7. The first kappa shape index (κ1) is 16.9. The molecule has 2 aromatic rings. The largest absolute Gasteiger partial charge is 0.370 e. The minimum atomic E-state index is 0.262. The van der Waals surface area contributed by atoms with Gasteiger partial charge in [0.05, 0.1) is 6.54 Å². The first-order valence-electron chi connectivity index (χ1n) is 7.89. The van der Waals surface area contributed by atoms with Gasteiger partial charge in [0.15, 0.2) is 5.96 Å². The number of likely N-dealkylation sites (N-methyl/N-ethyl adjacent to an activating group) is 1. The summed E-state index contributed by atoms with van der Waals surface area (Å²) < 4.78 is 0. The zero-order chi connectivity index (χ0) is 16.8. The summed E-state index contributed by atoms with van der Waals surface area (Å²) in [5.74, 6) is 0.446. The maximum Gasteiger partial charge on any atom is 0.193 e. The molecule has 0 radical (unpaired) electrons. The lowest BCUT2D eigenvalue weighted by molar-refractivity contribution is 0.696. The SMILES string of the molecule is Cc1ccc(NC(N)=NCC(C)N(C)c2ccccc2)cc1C. The van der Waals surface area contributed by atoms with Crippen molar-refractivity contribution < 1.29 is 0 Å². The lowest BCUT2D eigenvalue weighted by atomic mass is 10.1. The van der Waals surface area contributed by atoms with Crippen LogP contribution >= 0.6 is 0 Å².